The first-order valence-corrected chi connectivity index (χ1v) is 19.8. The molecule has 272 valence electrons. The first-order valence-electron chi connectivity index (χ1n) is 19.8. The van der Waals surface area contributed by atoms with Gasteiger partial charge in [0, 0.05) is 27.7 Å². The number of para-hydroxylation sites is 2. The molecule has 0 amide bonds. The van der Waals surface area contributed by atoms with Crippen molar-refractivity contribution in [3.05, 3.63) is 224 Å². The molecule has 11 rings (SSSR count). The molecule has 0 radical (unpaired) electrons. The Morgan fingerprint density at radius 2 is 0.793 bits per heavy atom. The number of nitrogens with zero attached hydrogens (tertiary/aromatic N) is 1. The highest BCUT2D eigenvalue weighted by atomic mass is 16.3. The Morgan fingerprint density at radius 1 is 0.293 bits per heavy atom. The summed E-state index contributed by atoms with van der Waals surface area (Å²) >= 11 is 0. The van der Waals surface area contributed by atoms with Crippen molar-refractivity contribution in [3.63, 3.8) is 0 Å². The van der Waals surface area contributed by atoms with E-state index in [1.165, 1.54) is 65.9 Å². The Morgan fingerprint density at radius 3 is 1.47 bits per heavy atom. The van der Waals surface area contributed by atoms with E-state index in [2.05, 4.69) is 217 Å². The van der Waals surface area contributed by atoms with Gasteiger partial charge in [-0.3, -0.25) is 0 Å². The average Bonchev–Trinajstić information content (AvgIpc) is 3.69. The molecule has 0 unspecified atom stereocenters. The highest BCUT2D eigenvalue weighted by Gasteiger charge is 2.19. The molecule has 1 aromatic heterocycles. The minimum Gasteiger partial charge on any atom is -0.456 e. The van der Waals surface area contributed by atoms with Crippen LogP contribution in [0.15, 0.2) is 229 Å². The first kappa shape index (κ1) is 33.6. The van der Waals surface area contributed by atoms with Crippen molar-refractivity contribution in [2.24, 2.45) is 0 Å². The molecule has 11 aromatic rings. The third-order valence-electron chi connectivity index (χ3n) is 11.5. The standard InChI is InChI=1S/C56H37NO/c1-3-13-39(14-4-1)46-34-35-47(50-19-8-7-18-49(46)50)41-27-32-45(33-28-41)57(53-21-11-9-17-48(53)40-15-5-2-6-16-40)44-30-25-38(26-31-44)43-24-23-42-29-36-55-56(52(42)37-43)51-20-10-12-22-54(51)58-55/h1-37H. The third-order valence-corrected chi connectivity index (χ3v) is 11.5. The van der Waals surface area contributed by atoms with E-state index < -0.39 is 0 Å². The van der Waals surface area contributed by atoms with E-state index in [1.54, 1.807) is 0 Å². The van der Waals surface area contributed by atoms with Crippen molar-refractivity contribution in [3.8, 4) is 44.5 Å². The van der Waals surface area contributed by atoms with Gasteiger partial charge in [0.15, 0.2) is 0 Å². The van der Waals surface area contributed by atoms with Crippen LogP contribution in [0.25, 0.3) is 88.0 Å². The highest BCUT2D eigenvalue weighted by Crippen LogP contribution is 2.43. The van der Waals surface area contributed by atoms with Gasteiger partial charge in [-0.1, -0.05) is 176 Å². The van der Waals surface area contributed by atoms with Crippen molar-refractivity contribution in [1.29, 1.82) is 0 Å². The van der Waals surface area contributed by atoms with Crippen molar-refractivity contribution in [2.45, 2.75) is 0 Å². The van der Waals surface area contributed by atoms with Gasteiger partial charge in [-0.15, -0.1) is 0 Å². The van der Waals surface area contributed by atoms with Crippen LogP contribution in [-0.2, 0) is 0 Å². The van der Waals surface area contributed by atoms with E-state index in [9.17, 15) is 0 Å². The number of anilines is 3. The molecule has 2 nitrogen and oxygen atoms in total. The molecular weight excluding hydrogens is 703 g/mol. The van der Waals surface area contributed by atoms with Crippen LogP contribution in [0.3, 0.4) is 0 Å². The van der Waals surface area contributed by atoms with E-state index in [1.807, 2.05) is 12.1 Å². The number of furan rings is 1. The summed E-state index contributed by atoms with van der Waals surface area (Å²) < 4.78 is 6.24. The largest absolute Gasteiger partial charge is 0.456 e. The molecule has 0 N–H and O–H groups in total. The summed E-state index contributed by atoms with van der Waals surface area (Å²) in [5, 5.41) is 7.21. The van der Waals surface area contributed by atoms with Crippen LogP contribution in [0.4, 0.5) is 17.1 Å². The predicted molar refractivity (Wildman–Crippen MR) is 245 cm³/mol. The smallest absolute Gasteiger partial charge is 0.136 e. The Bertz CT molecular complexity index is 3250. The summed E-state index contributed by atoms with van der Waals surface area (Å²) in [6.45, 7) is 0. The molecule has 0 aliphatic heterocycles. The van der Waals surface area contributed by atoms with Crippen molar-refractivity contribution >= 4 is 60.5 Å². The topological polar surface area (TPSA) is 16.4 Å². The molecule has 0 aliphatic carbocycles. The molecule has 0 atom stereocenters. The van der Waals surface area contributed by atoms with E-state index >= 15 is 0 Å². The maximum atomic E-state index is 6.24. The SMILES string of the molecule is c1ccc(-c2ccccc2N(c2ccc(-c3ccc4ccc5oc6ccccc6c5c4c3)cc2)c2ccc(-c3ccc(-c4ccccc4)c4ccccc34)cc2)cc1. The fraction of sp³-hybridized carbons (Fsp3) is 0. The summed E-state index contributed by atoms with van der Waals surface area (Å²) in [6.07, 6.45) is 0. The number of hydrogen-bond donors (Lipinski definition) is 0. The van der Waals surface area contributed by atoms with E-state index in [-0.39, 0.29) is 0 Å². The highest BCUT2D eigenvalue weighted by molar-refractivity contribution is 6.19. The second kappa shape index (κ2) is 14.1. The predicted octanol–water partition coefficient (Wildman–Crippen LogP) is 16.0. The van der Waals surface area contributed by atoms with Gasteiger partial charge in [-0.2, -0.15) is 0 Å². The Kier molecular flexibility index (Phi) is 8.19. The molecule has 58 heavy (non-hydrogen) atoms. The molecule has 0 spiro atoms. The fourth-order valence-corrected chi connectivity index (χ4v) is 8.69. The molecule has 0 aliphatic rings. The lowest BCUT2D eigenvalue weighted by atomic mass is 9.92. The third kappa shape index (κ3) is 5.82. The van der Waals surface area contributed by atoms with Crippen LogP contribution in [0.1, 0.15) is 0 Å². The number of rotatable bonds is 7. The lowest BCUT2D eigenvalue weighted by Crippen LogP contribution is -2.11. The van der Waals surface area contributed by atoms with Crippen LogP contribution in [0, 0.1) is 0 Å². The Labute approximate surface area is 337 Å². The van der Waals surface area contributed by atoms with Crippen LogP contribution in [0.2, 0.25) is 0 Å². The van der Waals surface area contributed by atoms with Gasteiger partial charge >= 0.3 is 0 Å². The molecule has 2 heteroatoms. The molecule has 10 aromatic carbocycles. The van der Waals surface area contributed by atoms with Crippen LogP contribution >= 0.6 is 0 Å². The summed E-state index contributed by atoms with van der Waals surface area (Å²) in [5.41, 5.74) is 14.7. The second-order valence-electron chi connectivity index (χ2n) is 14.9. The second-order valence-corrected chi connectivity index (χ2v) is 14.9. The van der Waals surface area contributed by atoms with Crippen LogP contribution in [0.5, 0.6) is 0 Å². The van der Waals surface area contributed by atoms with Gasteiger partial charge in [0.2, 0.25) is 0 Å². The van der Waals surface area contributed by atoms with Crippen molar-refractivity contribution in [1.82, 2.24) is 0 Å². The normalized spacial score (nSPS) is 11.4. The monoisotopic (exact) mass is 739 g/mol. The zero-order valence-electron chi connectivity index (χ0n) is 31.7. The summed E-state index contributed by atoms with van der Waals surface area (Å²) in [4.78, 5) is 2.38. The van der Waals surface area contributed by atoms with Gasteiger partial charge < -0.3 is 9.32 Å². The quantitative estimate of drug-likeness (QED) is 0.162. The molecule has 1 heterocycles. The fourth-order valence-electron chi connectivity index (χ4n) is 8.69. The minimum atomic E-state index is 0.914. The average molecular weight is 740 g/mol. The first-order chi connectivity index (χ1) is 28.8. The summed E-state index contributed by atoms with van der Waals surface area (Å²) in [7, 11) is 0. The maximum absolute atomic E-state index is 6.24. The lowest BCUT2D eigenvalue weighted by Gasteiger charge is -2.28. The zero-order valence-corrected chi connectivity index (χ0v) is 31.7. The van der Waals surface area contributed by atoms with Crippen molar-refractivity contribution < 1.29 is 4.42 Å². The van der Waals surface area contributed by atoms with Gasteiger partial charge in [0.05, 0.1) is 5.69 Å². The molecule has 0 saturated heterocycles. The van der Waals surface area contributed by atoms with Crippen molar-refractivity contribution in [2.75, 3.05) is 4.90 Å². The summed E-state index contributed by atoms with van der Waals surface area (Å²) in [6, 6.07) is 80.7. The van der Waals surface area contributed by atoms with Gasteiger partial charge in [-0.25, -0.2) is 0 Å². The van der Waals surface area contributed by atoms with E-state index in [4.69, 9.17) is 4.42 Å². The molecule has 0 bridgehead atoms. The van der Waals surface area contributed by atoms with E-state index in [0.29, 0.717) is 0 Å². The van der Waals surface area contributed by atoms with E-state index in [0.717, 1.165) is 39.2 Å². The molecule has 0 fully saturated rings. The number of hydrogen-bond acceptors (Lipinski definition) is 2. The van der Waals surface area contributed by atoms with Crippen LogP contribution < -0.4 is 4.90 Å². The van der Waals surface area contributed by atoms with Gasteiger partial charge in [-0.05, 0) is 109 Å². The molecule has 0 saturated carbocycles. The summed E-state index contributed by atoms with van der Waals surface area (Å²) in [5.74, 6) is 0. The van der Waals surface area contributed by atoms with Crippen LogP contribution in [-0.4, -0.2) is 0 Å². The molecular formula is C56H37NO. The maximum Gasteiger partial charge on any atom is 0.136 e. The Hall–Kier alpha value is -7.68. The lowest BCUT2D eigenvalue weighted by molar-refractivity contribution is 0.669. The number of fused-ring (bicyclic) bond motifs is 6. The Balaban J connectivity index is 1.01. The van der Waals surface area contributed by atoms with Gasteiger partial charge in [0.25, 0.3) is 0 Å². The zero-order chi connectivity index (χ0) is 38.4. The number of benzene rings is 10. The van der Waals surface area contributed by atoms with Gasteiger partial charge in [0.1, 0.15) is 11.2 Å². The minimum absolute atomic E-state index is 0.914.